The number of nitrogens with one attached hydrogen (secondary N) is 2. The predicted octanol–water partition coefficient (Wildman–Crippen LogP) is 3.01. The van der Waals surface area contributed by atoms with Crippen LogP contribution in [0.3, 0.4) is 0 Å². The van der Waals surface area contributed by atoms with E-state index in [1.165, 1.54) is 24.8 Å². The highest BCUT2D eigenvalue weighted by Crippen LogP contribution is 2.26. The highest BCUT2D eigenvalue weighted by atomic mass is 16.2. The molecule has 1 aliphatic rings. The molecule has 1 atom stereocenters. The van der Waals surface area contributed by atoms with Crippen molar-refractivity contribution in [2.24, 2.45) is 11.7 Å². The van der Waals surface area contributed by atoms with E-state index < -0.39 is 0 Å². The van der Waals surface area contributed by atoms with Crippen molar-refractivity contribution in [3.05, 3.63) is 35.4 Å². The van der Waals surface area contributed by atoms with Gasteiger partial charge in [-0.15, -0.1) is 0 Å². The molecule has 1 aliphatic carbocycles. The summed E-state index contributed by atoms with van der Waals surface area (Å²) in [5, 5.41) is 5.52. The topological polar surface area (TPSA) is 84.2 Å². The molecule has 1 aromatic carbocycles. The Morgan fingerprint density at radius 2 is 1.62 bits per heavy atom. The number of carbonyl (C=O) groups is 2. The summed E-state index contributed by atoms with van der Waals surface area (Å²) in [6.45, 7) is 4.68. The largest absolute Gasteiger partial charge is 0.353 e. The standard InChI is InChI=1S/C21H33N3O2/c1-15(2)17-8-10-18(11-9-17)19(22)13-23-21(26)14-24-20(25)12-16-6-4-3-5-7-16/h8-11,15-16,19H,3-7,12-14,22H2,1-2H3,(H,23,26)(H,24,25). The summed E-state index contributed by atoms with van der Waals surface area (Å²) < 4.78 is 0. The molecule has 1 fully saturated rings. The van der Waals surface area contributed by atoms with Crippen LogP contribution in [0.25, 0.3) is 0 Å². The van der Waals surface area contributed by atoms with Gasteiger partial charge in [-0.05, 0) is 35.8 Å². The van der Waals surface area contributed by atoms with Gasteiger partial charge in [-0.3, -0.25) is 9.59 Å². The summed E-state index contributed by atoms with van der Waals surface area (Å²) in [6, 6.07) is 7.93. The van der Waals surface area contributed by atoms with E-state index in [4.69, 9.17) is 5.73 Å². The number of hydrogen-bond donors (Lipinski definition) is 3. The maximum Gasteiger partial charge on any atom is 0.239 e. The third kappa shape index (κ3) is 6.79. The van der Waals surface area contributed by atoms with E-state index in [-0.39, 0.29) is 24.4 Å². The Kier molecular flexibility index (Phi) is 8.10. The Morgan fingerprint density at radius 3 is 2.23 bits per heavy atom. The van der Waals surface area contributed by atoms with Crippen molar-refractivity contribution >= 4 is 11.8 Å². The summed E-state index contributed by atoms with van der Waals surface area (Å²) >= 11 is 0. The molecule has 26 heavy (non-hydrogen) atoms. The molecule has 0 aromatic heterocycles. The predicted molar refractivity (Wildman–Crippen MR) is 105 cm³/mol. The third-order valence-corrected chi connectivity index (χ3v) is 5.20. The smallest absolute Gasteiger partial charge is 0.239 e. The molecule has 1 aromatic rings. The highest BCUT2D eigenvalue weighted by Gasteiger charge is 2.17. The van der Waals surface area contributed by atoms with E-state index in [0.717, 1.165) is 18.4 Å². The fourth-order valence-electron chi connectivity index (χ4n) is 3.44. The van der Waals surface area contributed by atoms with Gasteiger partial charge in [0.2, 0.25) is 11.8 Å². The van der Waals surface area contributed by atoms with Crippen molar-refractivity contribution in [1.82, 2.24) is 10.6 Å². The van der Waals surface area contributed by atoms with Crippen LogP contribution in [-0.4, -0.2) is 24.9 Å². The summed E-state index contributed by atoms with van der Waals surface area (Å²) in [6.07, 6.45) is 6.51. The lowest BCUT2D eigenvalue weighted by Crippen LogP contribution is -2.40. The van der Waals surface area contributed by atoms with Crippen molar-refractivity contribution in [2.75, 3.05) is 13.1 Å². The Bertz CT molecular complexity index is 577. The van der Waals surface area contributed by atoms with Crippen LogP contribution in [0, 0.1) is 5.92 Å². The second kappa shape index (κ2) is 10.3. The highest BCUT2D eigenvalue weighted by molar-refractivity contribution is 5.84. The van der Waals surface area contributed by atoms with Crippen LogP contribution in [0.5, 0.6) is 0 Å². The van der Waals surface area contributed by atoms with Gasteiger partial charge in [-0.1, -0.05) is 57.4 Å². The molecule has 2 amide bonds. The number of nitrogens with two attached hydrogens (primary N) is 1. The zero-order valence-electron chi connectivity index (χ0n) is 16.1. The van der Waals surface area contributed by atoms with E-state index in [1.54, 1.807) is 0 Å². The second-order valence-corrected chi connectivity index (χ2v) is 7.72. The fourth-order valence-corrected chi connectivity index (χ4v) is 3.44. The first-order chi connectivity index (χ1) is 12.5. The number of benzene rings is 1. The average molecular weight is 360 g/mol. The fraction of sp³-hybridized carbons (Fsp3) is 0.619. The molecule has 0 radical (unpaired) electrons. The number of amides is 2. The molecule has 144 valence electrons. The van der Waals surface area contributed by atoms with Crippen molar-refractivity contribution in [2.45, 2.75) is 64.3 Å². The molecule has 1 saturated carbocycles. The molecule has 0 spiro atoms. The summed E-state index contributed by atoms with van der Waals surface area (Å²) in [7, 11) is 0. The normalized spacial score (nSPS) is 16.3. The number of rotatable bonds is 8. The van der Waals surface area contributed by atoms with Gasteiger partial charge in [0.1, 0.15) is 0 Å². The van der Waals surface area contributed by atoms with E-state index in [2.05, 4.69) is 36.6 Å². The molecule has 1 unspecified atom stereocenters. The minimum absolute atomic E-state index is 0.0184. The van der Waals surface area contributed by atoms with E-state index in [9.17, 15) is 9.59 Å². The van der Waals surface area contributed by atoms with Crippen molar-refractivity contribution in [3.8, 4) is 0 Å². The van der Waals surface area contributed by atoms with Gasteiger partial charge >= 0.3 is 0 Å². The number of hydrogen-bond acceptors (Lipinski definition) is 3. The minimum Gasteiger partial charge on any atom is -0.353 e. The Hall–Kier alpha value is -1.88. The quantitative estimate of drug-likeness (QED) is 0.667. The molecule has 4 N–H and O–H groups in total. The molecular weight excluding hydrogens is 326 g/mol. The summed E-state index contributed by atoms with van der Waals surface area (Å²) in [4.78, 5) is 23.9. The first-order valence-corrected chi connectivity index (χ1v) is 9.84. The second-order valence-electron chi connectivity index (χ2n) is 7.72. The minimum atomic E-state index is -0.252. The maximum absolute atomic E-state index is 11.9. The van der Waals surface area contributed by atoms with Gasteiger partial charge in [0.25, 0.3) is 0 Å². The van der Waals surface area contributed by atoms with Crippen LogP contribution in [0.1, 0.15) is 75.5 Å². The van der Waals surface area contributed by atoms with Gasteiger partial charge in [0, 0.05) is 19.0 Å². The first-order valence-electron chi connectivity index (χ1n) is 9.84. The molecule has 5 nitrogen and oxygen atoms in total. The van der Waals surface area contributed by atoms with Gasteiger partial charge in [0.15, 0.2) is 0 Å². The van der Waals surface area contributed by atoms with Crippen LogP contribution in [0.15, 0.2) is 24.3 Å². The van der Waals surface area contributed by atoms with Crippen LogP contribution in [0.2, 0.25) is 0 Å². The van der Waals surface area contributed by atoms with Crippen molar-refractivity contribution in [1.29, 1.82) is 0 Å². The zero-order chi connectivity index (χ0) is 18.9. The van der Waals surface area contributed by atoms with E-state index in [0.29, 0.717) is 24.8 Å². The Labute approximate surface area is 157 Å². The van der Waals surface area contributed by atoms with Gasteiger partial charge < -0.3 is 16.4 Å². The zero-order valence-corrected chi connectivity index (χ0v) is 16.1. The van der Waals surface area contributed by atoms with Gasteiger partial charge in [-0.25, -0.2) is 0 Å². The molecule has 0 bridgehead atoms. The SMILES string of the molecule is CC(C)c1ccc(C(N)CNC(=O)CNC(=O)CC2CCCCC2)cc1. The van der Waals surface area contributed by atoms with Crippen molar-refractivity contribution in [3.63, 3.8) is 0 Å². The lowest BCUT2D eigenvalue weighted by Gasteiger charge is -2.20. The lowest BCUT2D eigenvalue weighted by atomic mass is 9.87. The Morgan fingerprint density at radius 1 is 1.00 bits per heavy atom. The molecule has 0 saturated heterocycles. The average Bonchev–Trinajstić information content (AvgIpc) is 2.65. The van der Waals surface area contributed by atoms with Crippen molar-refractivity contribution < 1.29 is 9.59 Å². The van der Waals surface area contributed by atoms with Crippen LogP contribution in [0.4, 0.5) is 0 Å². The van der Waals surface area contributed by atoms with E-state index >= 15 is 0 Å². The molecule has 2 rings (SSSR count). The van der Waals surface area contributed by atoms with Gasteiger partial charge in [0.05, 0.1) is 6.54 Å². The molecular formula is C21H33N3O2. The lowest BCUT2D eigenvalue weighted by molar-refractivity contribution is -0.126. The monoisotopic (exact) mass is 359 g/mol. The molecule has 0 aliphatic heterocycles. The van der Waals surface area contributed by atoms with Crippen LogP contribution >= 0.6 is 0 Å². The maximum atomic E-state index is 11.9. The molecule has 5 heteroatoms. The molecule has 0 heterocycles. The summed E-state index contributed by atoms with van der Waals surface area (Å²) in [5.41, 5.74) is 8.41. The van der Waals surface area contributed by atoms with Crippen LogP contribution < -0.4 is 16.4 Å². The van der Waals surface area contributed by atoms with E-state index in [1.807, 2.05) is 12.1 Å². The van der Waals surface area contributed by atoms with Gasteiger partial charge in [-0.2, -0.15) is 0 Å². The number of carbonyl (C=O) groups excluding carboxylic acids is 2. The summed E-state index contributed by atoms with van der Waals surface area (Å²) in [5.74, 6) is 0.739. The first kappa shape index (κ1) is 20.4. The Balaban J connectivity index is 1.66. The third-order valence-electron chi connectivity index (χ3n) is 5.20. The van der Waals surface area contributed by atoms with Crippen LogP contribution in [-0.2, 0) is 9.59 Å².